The summed E-state index contributed by atoms with van der Waals surface area (Å²) < 4.78 is 7.02. The summed E-state index contributed by atoms with van der Waals surface area (Å²) in [5.41, 5.74) is 3.68. The van der Waals surface area contributed by atoms with Gasteiger partial charge in [0.05, 0.1) is 36.4 Å². The van der Waals surface area contributed by atoms with E-state index in [0.29, 0.717) is 11.5 Å². The lowest BCUT2D eigenvalue weighted by molar-refractivity contribution is -0.917. The number of aromatic nitrogens is 1. The van der Waals surface area contributed by atoms with Crippen molar-refractivity contribution in [2.75, 3.05) is 26.2 Å². The maximum absolute atomic E-state index is 12.9. The zero-order chi connectivity index (χ0) is 20.5. The van der Waals surface area contributed by atoms with Crippen molar-refractivity contribution < 1.29 is 14.1 Å². The van der Waals surface area contributed by atoms with Crippen molar-refractivity contribution in [1.82, 2.24) is 9.88 Å². The normalized spacial score (nSPS) is 15.0. The molecule has 2 aromatic carbocycles. The van der Waals surface area contributed by atoms with Crippen LogP contribution in [-0.2, 0) is 6.54 Å². The molecule has 3 heterocycles. The molecule has 6 heteroatoms. The Kier molecular flexibility index (Phi) is 5.11. The van der Waals surface area contributed by atoms with Gasteiger partial charge < -0.3 is 14.2 Å². The van der Waals surface area contributed by atoms with Gasteiger partial charge in [-0.05, 0) is 36.8 Å². The Morgan fingerprint density at radius 1 is 1.07 bits per heavy atom. The quantitative estimate of drug-likeness (QED) is 0.553. The largest absolute Gasteiger partial charge is 0.448 e. The van der Waals surface area contributed by atoms with Gasteiger partial charge in [-0.25, -0.2) is 4.98 Å². The third kappa shape index (κ3) is 3.76. The number of furan rings is 1. The van der Waals surface area contributed by atoms with Gasteiger partial charge in [0.15, 0.2) is 16.5 Å². The molecule has 1 N–H and O–H groups in total. The Balaban J connectivity index is 1.23. The molecule has 1 aliphatic rings. The third-order valence-corrected chi connectivity index (χ3v) is 6.83. The minimum atomic E-state index is -0.0303. The van der Waals surface area contributed by atoms with E-state index in [1.807, 2.05) is 35.2 Å². The Labute approximate surface area is 179 Å². The highest BCUT2D eigenvalue weighted by molar-refractivity contribution is 7.21. The first-order chi connectivity index (χ1) is 14.7. The van der Waals surface area contributed by atoms with Crippen LogP contribution in [0.15, 0.2) is 65.1 Å². The van der Waals surface area contributed by atoms with Crippen LogP contribution in [0.2, 0.25) is 0 Å². The fraction of sp³-hybridized carbons (Fsp3) is 0.250. The van der Waals surface area contributed by atoms with Crippen LogP contribution in [-0.4, -0.2) is 42.0 Å². The first kappa shape index (κ1) is 19.0. The number of nitrogens with zero attached hydrogens (tertiary/aromatic N) is 2. The molecule has 2 aromatic heterocycles. The first-order valence-corrected chi connectivity index (χ1v) is 11.1. The summed E-state index contributed by atoms with van der Waals surface area (Å²) in [5.74, 6) is 1.02. The molecule has 1 amide bonds. The summed E-state index contributed by atoms with van der Waals surface area (Å²) >= 11 is 1.58. The average Bonchev–Trinajstić information content (AvgIpc) is 3.42. The molecule has 0 spiro atoms. The van der Waals surface area contributed by atoms with Crippen LogP contribution in [0.5, 0.6) is 0 Å². The summed E-state index contributed by atoms with van der Waals surface area (Å²) in [4.78, 5) is 21.0. The molecular weight excluding hydrogens is 394 g/mol. The molecule has 1 fully saturated rings. The Bertz CT molecular complexity index is 1150. The van der Waals surface area contributed by atoms with Crippen LogP contribution >= 0.6 is 11.3 Å². The third-order valence-electron chi connectivity index (χ3n) is 5.78. The summed E-state index contributed by atoms with van der Waals surface area (Å²) in [5, 5.41) is 0.808. The number of aryl methyl sites for hydroxylation is 1. The standard InChI is InChI=1S/C24H23N3O2S/c1-17-6-2-3-7-18(17)16-26-12-14-27(15-13-26)24(28)21-11-10-20(29-21)23-25-19-8-4-5-9-22(19)30-23/h2-11H,12-16H2,1H3/p+1. The molecule has 4 aromatic rings. The SMILES string of the molecule is Cc1ccccc1C[NH+]1CCN(C(=O)c2ccc(-c3nc4ccccc4s3)o2)CC1. The van der Waals surface area contributed by atoms with E-state index in [1.54, 1.807) is 17.4 Å². The lowest BCUT2D eigenvalue weighted by Crippen LogP contribution is -3.13. The summed E-state index contributed by atoms with van der Waals surface area (Å²) in [6.45, 7) is 6.57. The number of amides is 1. The van der Waals surface area contributed by atoms with Crippen LogP contribution in [0.4, 0.5) is 0 Å². The number of piperazine rings is 1. The highest BCUT2D eigenvalue weighted by atomic mass is 32.1. The molecule has 0 unspecified atom stereocenters. The molecule has 5 nitrogen and oxygen atoms in total. The average molecular weight is 419 g/mol. The highest BCUT2D eigenvalue weighted by Gasteiger charge is 2.27. The van der Waals surface area contributed by atoms with E-state index in [4.69, 9.17) is 4.42 Å². The van der Waals surface area contributed by atoms with Gasteiger partial charge in [-0.15, -0.1) is 11.3 Å². The number of hydrogen-bond acceptors (Lipinski definition) is 4. The second kappa shape index (κ2) is 8.05. The van der Waals surface area contributed by atoms with Crippen molar-refractivity contribution in [3.8, 4) is 10.8 Å². The smallest absolute Gasteiger partial charge is 0.289 e. The number of rotatable bonds is 4. The maximum Gasteiger partial charge on any atom is 0.289 e. The van der Waals surface area contributed by atoms with Gasteiger partial charge in [-0.3, -0.25) is 4.79 Å². The zero-order valence-corrected chi connectivity index (χ0v) is 17.7. The Morgan fingerprint density at radius 3 is 2.63 bits per heavy atom. The first-order valence-electron chi connectivity index (χ1n) is 10.3. The lowest BCUT2D eigenvalue weighted by atomic mass is 10.1. The molecule has 30 heavy (non-hydrogen) atoms. The number of fused-ring (bicyclic) bond motifs is 1. The van der Waals surface area contributed by atoms with Crippen molar-refractivity contribution >= 4 is 27.5 Å². The van der Waals surface area contributed by atoms with E-state index in [0.717, 1.165) is 47.9 Å². The van der Waals surface area contributed by atoms with Crippen molar-refractivity contribution in [2.24, 2.45) is 0 Å². The molecule has 5 rings (SSSR count). The summed E-state index contributed by atoms with van der Waals surface area (Å²) in [6, 6.07) is 20.2. The van der Waals surface area contributed by atoms with E-state index >= 15 is 0 Å². The van der Waals surface area contributed by atoms with Gasteiger partial charge in [-0.2, -0.15) is 0 Å². The number of benzene rings is 2. The minimum Gasteiger partial charge on any atom is -0.448 e. The summed E-state index contributed by atoms with van der Waals surface area (Å²) in [6.07, 6.45) is 0. The zero-order valence-electron chi connectivity index (χ0n) is 16.9. The number of carbonyl (C=O) groups excluding carboxylic acids is 1. The fourth-order valence-corrected chi connectivity index (χ4v) is 4.91. The number of para-hydroxylation sites is 1. The Morgan fingerprint density at radius 2 is 1.83 bits per heavy atom. The predicted molar refractivity (Wildman–Crippen MR) is 119 cm³/mol. The van der Waals surface area contributed by atoms with E-state index in [1.165, 1.54) is 16.0 Å². The molecule has 0 atom stereocenters. The van der Waals surface area contributed by atoms with Crippen molar-refractivity contribution in [2.45, 2.75) is 13.5 Å². The molecule has 0 aliphatic carbocycles. The molecule has 0 bridgehead atoms. The van der Waals surface area contributed by atoms with Gasteiger partial charge in [0.1, 0.15) is 6.54 Å². The molecular formula is C24H24N3O2S+. The van der Waals surface area contributed by atoms with Crippen molar-refractivity contribution in [3.63, 3.8) is 0 Å². The number of nitrogens with one attached hydrogen (secondary N) is 1. The second-order valence-corrected chi connectivity index (χ2v) is 8.83. The van der Waals surface area contributed by atoms with E-state index in [9.17, 15) is 4.79 Å². The van der Waals surface area contributed by atoms with Crippen LogP contribution < -0.4 is 4.90 Å². The van der Waals surface area contributed by atoms with Crippen LogP contribution in [0.1, 0.15) is 21.7 Å². The maximum atomic E-state index is 12.9. The minimum absolute atomic E-state index is 0.0303. The number of hydrogen-bond donors (Lipinski definition) is 1. The van der Waals surface area contributed by atoms with Crippen molar-refractivity contribution in [1.29, 1.82) is 0 Å². The van der Waals surface area contributed by atoms with Gasteiger partial charge in [0.25, 0.3) is 5.91 Å². The number of quaternary nitrogens is 1. The molecule has 152 valence electrons. The van der Waals surface area contributed by atoms with E-state index in [-0.39, 0.29) is 5.91 Å². The highest BCUT2D eigenvalue weighted by Crippen LogP contribution is 2.31. The van der Waals surface area contributed by atoms with E-state index in [2.05, 4.69) is 36.2 Å². The number of carbonyl (C=O) groups is 1. The lowest BCUT2D eigenvalue weighted by Gasteiger charge is -2.32. The number of thiazole rings is 1. The van der Waals surface area contributed by atoms with E-state index < -0.39 is 0 Å². The Hall–Kier alpha value is -2.96. The molecule has 0 saturated carbocycles. The predicted octanol–water partition coefficient (Wildman–Crippen LogP) is 3.41. The van der Waals surface area contributed by atoms with Gasteiger partial charge in [0, 0.05) is 5.56 Å². The molecule has 1 saturated heterocycles. The van der Waals surface area contributed by atoms with Crippen molar-refractivity contribution in [3.05, 3.63) is 77.6 Å². The van der Waals surface area contributed by atoms with Crippen LogP contribution in [0.3, 0.4) is 0 Å². The fourth-order valence-electron chi connectivity index (χ4n) is 3.98. The molecule has 1 aliphatic heterocycles. The second-order valence-electron chi connectivity index (χ2n) is 7.80. The van der Waals surface area contributed by atoms with Gasteiger partial charge in [0.2, 0.25) is 0 Å². The molecule has 0 radical (unpaired) electrons. The van der Waals surface area contributed by atoms with Crippen LogP contribution in [0, 0.1) is 6.92 Å². The van der Waals surface area contributed by atoms with Crippen LogP contribution in [0.25, 0.3) is 21.0 Å². The summed E-state index contributed by atoms with van der Waals surface area (Å²) in [7, 11) is 0. The topological polar surface area (TPSA) is 50.8 Å². The van der Waals surface area contributed by atoms with Gasteiger partial charge >= 0.3 is 0 Å². The monoisotopic (exact) mass is 418 g/mol. The van der Waals surface area contributed by atoms with Gasteiger partial charge in [-0.1, -0.05) is 36.4 Å².